The third-order valence-electron chi connectivity index (χ3n) is 3.11. The number of likely N-dealkylation sites (tertiary alicyclic amines) is 1. The van der Waals surface area contributed by atoms with Crippen molar-refractivity contribution < 1.29 is 23.1 Å². The Morgan fingerprint density at radius 2 is 2.06 bits per heavy atom. The Morgan fingerprint density at radius 3 is 2.72 bits per heavy atom. The van der Waals surface area contributed by atoms with Crippen molar-refractivity contribution in [3.8, 4) is 0 Å². The molecular formula is C12H12F3NO2. The topological polar surface area (TPSA) is 40.5 Å². The van der Waals surface area contributed by atoms with E-state index in [0.717, 1.165) is 12.1 Å². The van der Waals surface area contributed by atoms with Crippen LogP contribution in [0.15, 0.2) is 12.1 Å². The van der Waals surface area contributed by atoms with Crippen molar-refractivity contribution in [3.63, 3.8) is 0 Å². The zero-order valence-electron chi connectivity index (χ0n) is 9.50. The molecule has 1 aliphatic heterocycles. The zero-order chi connectivity index (χ0) is 13.3. The quantitative estimate of drug-likeness (QED) is 0.821. The fourth-order valence-corrected chi connectivity index (χ4v) is 2.14. The van der Waals surface area contributed by atoms with E-state index in [-0.39, 0.29) is 12.6 Å². The molecule has 1 fully saturated rings. The van der Waals surface area contributed by atoms with E-state index < -0.39 is 28.9 Å². The predicted octanol–water partition coefficient (Wildman–Crippen LogP) is 1.70. The van der Waals surface area contributed by atoms with Crippen LogP contribution in [0.2, 0.25) is 0 Å². The first-order valence-corrected chi connectivity index (χ1v) is 5.61. The number of aliphatic hydroxyl groups excluding tert-OH is 1. The highest BCUT2D eigenvalue weighted by Gasteiger charge is 2.31. The number of carbonyl (C=O) groups is 1. The van der Waals surface area contributed by atoms with Crippen LogP contribution in [0.25, 0.3) is 0 Å². The van der Waals surface area contributed by atoms with Gasteiger partial charge in [0.25, 0.3) is 5.91 Å². The molecule has 1 amide bonds. The van der Waals surface area contributed by atoms with Crippen LogP contribution in [-0.2, 0) is 0 Å². The van der Waals surface area contributed by atoms with E-state index in [2.05, 4.69) is 0 Å². The van der Waals surface area contributed by atoms with Gasteiger partial charge in [-0.2, -0.15) is 0 Å². The Balaban J connectivity index is 2.32. The number of rotatable bonds is 2. The van der Waals surface area contributed by atoms with E-state index in [1.807, 2.05) is 0 Å². The van der Waals surface area contributed by atoms with E-state index in [4.69, 9.17) is 5.11 Å². The molecule has 1 N–H and O–H groups in total. The first-order valence-electron chi connectivity index (χ1n) is 5.61. The standard InChI is InChI=1S/C12H12F3NO2/c13-9-4-3-8(10(14)11(9)15)12(18)16-5-1-2-7(16)6-17/h3-4,7,17H,1-2,5-6H2/t7-/m1/s1. The fourth-order valence-electron chi connectivity index (χ4n) is 2.14. The van der Waals surface area contributed by atoms with Gasteiger partial charge in [-0.25, -0.2) is 13.2 Å². The molecule has 1 aliphatic rings. The van der Waals surface area contributed by atoms with Gasteiger partial charge < -0.3 is 10.0 Å². The number of hydrogen-bond donors (Lipinski definition) is 1. The van der Waals surface area contributed by atoms with E-state index in [0.29, 0.717) is 19.4 Å². The van der Waals surface area contributed by atoms with Crippen LogP contribution in [-0.4, -0.2) is 35.1 Å². The highest BCUT2D eigenvalue weighted by Crippen LogP contribution is 2.22. The summed E-state index contributed by atoms with van der Waals surface area (Å²) in [5.41, 5.74) is -0.505. The molecule has 2 rings (SSSR count). The third-order valence-corrected chi connectivity index (χ3v) is 3.11. The highest BCUT2D eigenvalue weighted by atomic mass is 19.2. The van der Waals surface area contributed by atoms with E-state index in [1.54, 1.807) is 0 Å². The lowest BCUT2D eigenvalue weighted by molar-refractivity contribution is 0.0671. The summed E-state index contributed by atoms with van der Waals surface area (Å²) >= 11 is 0. The average molecular weight is 259 g/mol. The predicted molar refractivity (Wildman–Crippen MR) is 57.5 cm³/mol. The zero-order valence-corrected chi connectivity index (χ0v) is 9.50. The highest BCUT2D eigenvalue weighted by molar-refractivity contribution is 5.94. The van der Waals surface area contributed by atoms with Crippen LogP contribution in [0.4, 0.5) is 13.2 Å². The number of aliphatic hydroxyl groups is 1. The number of nitrogens with zero attached hydrogens (tertiary/aromatic N) is 1. The molecular weight excluding hydrogens is 247 g/mol. The molecule has 0 spiro atoms. The summed E-state index contributed by atoms with van der Waals surface area (Å²) in [7, 11) is 0. The van der Waals surface area contributed by atoms with Gasteiger partial charge in [0.15, 0.2) is 17.5 Å². The number of benzene rings is 1. The minimum Gasteiger partial charge on any atom is -0.394 e. The van der Waals surface area contributed by atoms with E-state index >= 15 is 0 Å². The number of halogens is 3. The van der Waals surface area contributed by atoms with Crippen LogP contribution in [0.5, 0.6) is 0 Å². The Labute approximate surface area is 102 Å². The van der Waals surface area contributed by atoms with Crippen LogP contribution >= 0.6 is 0 Å². The van der Waals surface area contributed by atoms with Crippen molar-refractivity contribution in [2.45, 2.75) is 18.9 Å². The second kappa shape index (κ2) is 4.97. The molecule has 1 saturated heterocycles. The first-order chi connectivity index (χ1) is 8.56. The van der Waals surface area contributed by atoms with Crippen molar-refractivity contribution in [1.82, 2.24) is 4.90 Å². The summed E-state index contributed by atoms with van der Waals surface area (Å²) in [6, 6.07) is 1.25. The Bertz CT molecular complexity index is 479. The molecule has 0 bridgehead atoms. The SMILES string of the molecule is O=C(c1ccc(F)c(F)c1F)N1CCC[C@@H]1CO. The summed E-state index contributed by atoms with van der Waals surface area (Å²) in [5, 5.41) is 9.08. The maximum absolute atomic E-state index is 13.5. The monoisotopic (exact) mass is 259 g/mol. The van der Waals surface area contributed by atoms with Gasteiger partial charge in [0.05, 0.1) is 18.2 Å². The molecule has 0 saturated carbocycles. The normalized spacial score (nSPS) is 19.3. The number of carbonyl (C=O) groups excluding carboxylic acids is 1. The Kier molecular flexibility index (Phi) is 3.56. The smallest absolute Gasteiger partial charge is 0.257 e. The van der Waals surface area contributed by atoms with Crippen molar-refractivity contribution in [1.29, 1.82) is 0 Å². The minimum absolute atomic E-state index is 0.225. The minimum atomic E-state index is -1.65. The molecule has 3 nitrogen and oxygen atoms in total. The Hall–Kier alpha value is -1.56. The van der Waals surface area contributed by atoms with Crippen molar-refractivity contribution in [2.24, 2.45) is 0 Å². The number of amides is 1. The lowest BCUT2D eigenvalue weighted by Gasteiger charge is -2.23. The molecule has 18 heavy (non-hydrogen) atoms. The molecule has 98 valence electrons. The van der Waals surface area contributed by atoms with Crippen LogP contribution in [0, 0.1) is 17.5 Å². The lowest BCUT2D eigenvalue weighted by Crippen LogP contribution is -2.38. The molecule has 0 aromatic heterocycles. The van der Waals surface area contributed by atoms with Gasteiger partial charge in [-0.05, 0) is 25.0 Å². The second-order valence-electron chi connectivity index (χ2n) is 4.20. The molecule has 0 radical (unpaired) electrons. The second-order valence-corrected chi connectivity index (χ2v) is 4.20. The Morgan fingerprint density at radius 1 is 1.33 bits per heavy atom. The van der Waals surface area contributed by atoms with Crippen LogP contribution < -0.4 is 0 Å². The molecule has 0 aliphatic carbocycles. The molecule has 1 aromatic rings. The van der Waals surface area contributed by atoms with E-state index in [1.165, 1.54) is 4.90 Å². The molecule has 1 atom stereocenters. The summed E-state index contributed by atoms with van der Waals surface area (Å²) in [6.45, 7) is 0.152. The fraction of sp³-hybridized carbons (Fsp3) is 0.417. The maximum Gasteiger partial charge on any atom is 0.257 e. The van der Waals surface area contributed by atoms with Crippen molar-refractivity contribution in [3.05, 3.63) is 35.1 Å². The summed E-state index contributed by atoms with van der Waals surface area (Å²) in [4.78, 5) is 13.3. The van der Waals surface area contributed by atoms with Gasteiger partial charge in [0, 0.05) is 6.54 Å². The van der Waals surface area contributed by atoms with Crippen molar-refractivity contribution >= 4 is 5.91 Å². The van der Waals surface area contributed by atoms with E-state index in [9.17, 15) is 18.0 Å². The van der Waals surface area contributed by atoms with Crippen LogP contribution in [0.1, 0.15) is 23.2 Å². The van der Waals surface area contributed by atoms with Gasteiger partial charge in [-0.1, -0.05) is 0 Å². The largest absolute Gasteiger partial charge is 0.394 e. The summed E-state index contributed by atoms with van der Waals surface area (Å²) in [5.74, 6) is -5.18. The van der Waals surface area contributed by atoms with Gasteiger partial charge in [0.1, 0.15) is 0 Å². The maximum atomic E-state index is 13.5. The summed E-state index contributed by atoms with van der Waals surface area (Å²) < 4.78 is 39.3. The summed E-state index contributed by atoms with van der Waals surface area (Å²) in [6.07, 6.45) is 1.32. The van der Waals surface area contributed by atoms with Gasteiger partial charge in [0.2, 0.25) is 0 Å². The lowest BCUT2D eigenvalue weighted by atomic mass is 10.1. The molecule has 1 aromatic carbocycles. The van der Waals surface area contributed by atoms with Gasteiger partial charge in [-0.3, -0.25) is 4.79 Å². The molecule has 1 heterocycles. The third kappa shape index (κ3) is 2.08. The molecule has 0 unspecified atom stereocenters. The van der Waals surface area contributed by atoms with Crippen molar-refractivity contribution in [2.75, 3.05) is 13.2 Å². The van der Waals surface area contributed by atoms with Gasteiger partial charge >= 0.3 is 0 Å². The van der Waals surface area contributed by atoms with Gasteiger partial charge in [-0.15, -0.1) is 0 Å². The average Bonchev–Trinajstić information content (AvgIpc) is 2.83. The van der Waals surface area contributed by atoms with Crippen LogP contribution in [0.3, 0.4) is 0 Å². The first kappa shape index (κ1) is 12.9. The molecule has 6 heteroatoms. The number of hydrogen-bond acceptors (Lipinski definition) is 2.